The number of hydrogen-bond acceptors (Lipinski definition) is 12. The van der Waals surface area contributed by atoms with Crippen LogP contribution in [0.5, 0.6) is 0 Å². The van der Waals surface area contributed by atoms with Gasteiger partial charge in [0.05, 0.1) is 50.7 Å². The van der Waals surface area contributed by atoms with Crippen molar-refractivity contribution < 1.29 is 48.5 Å². The zero-order valence-electron chi connectivity index (χ0n) is 40.5. The Labute approximate surface area is 400 Å². The van der Waals surface area contributed by atoms with Gasteiger partial charge in [-0.05, 0) is 71.6 Å². The average molecular weight is 947 g/mol. The van der Waals surface area contributed by atoms with E-state index in [1.54, 1.807) is 41.5 Å². The van der Waals surface area contributed by atoms with Crippen molar-refractivity contribution in [2.75, 3.05) is 39.5 Å². The van der Waals surface area contributed by atoms with Crippen molar-refractivity contribution in [1.29, 1.82) is 0 Å². The fourth-order valence-electron chi connectivity index (χ4n) is 9.89. The predicted octanol–water partition coefficient (Wildman–Crippen LogP) is 1.05. The Morgan fingerprint density at radius 3 is 1.35 bits per heavy atom. The quantitative estimate of drug-likeness (QED) is 0.104. The molecule has 10 N–H and O–H groups in total. The maximum atomic E-state index is 14.5. The van der Waals surface area contributed by atoms with Gasteiger partial charge in [0.25, 0.3) is 0 Å². The van der Waals surface area contributed by atoms with Crippen LogP contribution in [-0.2, 0) is 51.1 Å². The lowest BCUT2D eigenvalue weighted by Gasteiger charge is -2.36. The minimum Gasteiger partial charge on any atom is -0.394 e. The minimum absolute atomic E-state index is 0.0464. The lowest BCUT2D eigenvalue weighted by Crippen LogP contribution is -2.60. The van der Waals surface area contributed by atoms with Crippen LogP contribution in [0.1, 0.15) is 114 Å². The van der Waals surface area contributed by atoms with Gasteiger partial charge < -0.3 is 62.2 Å². The van der Waals surface area contributed by atoms with Gasteiger partial charge in [0.1, 0.15) is 36.3 Å². The molecular formula is C50H74N8O10. The second-order valence-corrected chi connectivity index (χ2v) is 21.0. The maximum absolute atomic E-state index is 14.5. The molecule has 2 aromatic rings. The molecule has 2 fully saturated rings. The number of fused-ring (bicyclic) bond motifs is 2. The number of aryl methyl sites for hydroxylation is 2. The average Bonchev–Trinajstić information content (AvgIpc) is 3.95. The van der Waals surface area contributed by atoms with E-state index in [9.17, 15) is 39.0 Å². The lowest BCUT2D eigenvalue weighted by atomic mass is 9.85. The van der Waals surface area contributed by atoms with Crippen LogP contribution in [0, 0.1) is 10.8 Å². The molecule has 18 heteroatoms. The molecule has 0 saturated carbocycles. The molecule has 0 spiro atoms. The molecule has 10 atom stereocenters. The summed E-state index contributed by atoms with van der Waals surface area (Å²) >= 11 is 0. The van der Waals surface area contributed by atoms with Crippen molar-refractivity contribution in [2.24, 2.45) is 22.3 Å². The van der Waals surface area contributed by atoms with E-state index in [1.165, 1.54) is 20.9 Å². The van der Waals surface area contributed by atoms with Gasteiger partial charge in [-0.3, -0.25) is 28.8 Å². The van der Waals surface area contributed by atoms with Gasteiger partial charge in [-0.1, -0.05) is 90.1 Å². The van der Waals surface area contributed by atoms with Crippen LogP contribution in [0.3, 0.4) is 0 Å². The standard InChI is InChI=1S/C50H74N8O10/c1-49(2,3)41(55-43(61)35(51)27-59)47(65)57-25-31(23-39(57)45(63)53-37-19-11-15-29-13-7-9-17-33(29)37)67-21-22-68-32-24-40(46(64)54-38-20-12-16-30-14-8-10-18-34(30)38)58(26-32)48(66)42(50(4,5)6)56-44(62)36(52)28-60/h7-10,13-14,17-18,31-32,35-42,59-60H,11-12,15-16,19-28,51-52H2,1-6H3,(H,53,63)(H,54,64)(H,55,61)(H,56,62)/t31-,32-,35-,36-,37+,38?,39-,40-,41+,42+/m0/s1. The number of nitrogens with two attached hydrogens (primary N) is 2. The third-order valence-corrected chi connectivity index (χ3v) is 13.7. The highest BCUT2D eigenvalue weighted by molar-refractivity contribution is 5.95. The zero-order valence-corrected chi connectivity index (χ0v) is 40.5. The van der Waals surface area contributed by atoms with E-state index in [1.807, 2.05) is 36.4 Å². The number of hydrogen-bond donors (Lipinski definition) is 8. The van der Waals surface area contributed by atoms with Crippen LogP contribution in [0.25, 0.3) is 0 Å². The number of carbonyl (C=O) groups is 6. The van der Waals surface area contributed by atoms with Gasteiger partial charge in [0.2, 0.25) is 35.4 Å². The Morgan fingerprint density at radius 1 is 0.632 bits per heavy atom. The van der Waals surface area contributed by atoms with Crippen molar-refractivity contribution in [1.82, 2.24) is 31.1 Å². The van der Waals surface area contributed by atoms with E-state index in [-0.39, 0.29) is 63.0 Å². The summed E-state index contributed by atoms with van der Waals surface area (Å²) in [5.41, 5.74) is 14.5. The van der Waals surface area contributed by atoms with Crippen LogP contribution < -0.4 is 32.7 Å². The van der Waals surface area contributed by atoms with Gasteiger partial charge in [-0.2, -0.15) is 0 Å². The second-order valence-electron chi connectivity index (χ2n) is 21.0. The Hall–Kier alpha value is -4.98. The highest BCUT2D eigenvalue weighted by Gasteiger charge is 2.48. The first-order chi connectivity index (χ1) is 32.2. The number of likely N-dealkylation sites (tertiary alicyclic amines) is 2. The van der Waals surface area contributed by atoms with Gasteiger partial charge in [0, 0.05) is 25.9 Å². The molecule has 1 unspecified atom stereocenters. The summed E-state index contributed by atoms with van der Waals surface area (Å²) in [6.07, 6.45) is 4.25. The molecule has 0 radical (unpaired) electrons. The normalized spacial score (nSPS) is 24.4. The first-order valence-corrected chi connectivity index (χ1v) is 24.2. The van der Waals surface area contributed by atoms with Crippen LogP contribution in [0.2, 0.25) is 0 Å². The zero-order chi connectivity index (χ0) is 49.5. The molecule has 374 valence electrons. The molecule has 18 nitrogen and oxygen atoms in total. The Bertz CT molecular complexity index is 1980. The lowest BCUT2D eigenvalue weighted by molar-refractivity contribution is -0.144. The first-order valence-electron chi connectivity index (χ1n) is 24.2. The molecule has 2 heterocycles. The predicted molar refractivity (Wildman–Crippen MR) is 253 cm³/mol. The molecule has 2 saturated heterocycles. The minimum atomic E-state index is -1.24. The third-order valence-electron chi connectivity index (χ3n) is 13.7. The SMILES string of the molecule is CC(C)(C)[C@H](NC(=O)[C@@H](N)CO)C(=O)N1C[C@@H](OCCO[C@H]2C[C@@H](C(=O)N[C@@H]3CCCc4ccccc43)N(C(=O)[C@@H](NC(=O)[C@@H](N)CO)C(C)(C)C)C2)C[C@H]1C(=O)NC1CCCc2ccccc21. The van der Waals surface area contributed by atoms with E-state index >= 15 is 0 Å². The first kappa shape index (κ1) is 52.4. The fraction of sp³-hybridized carbons (Fsp3) is 0.640. The van der Waals surface area contributed by atoms with E-state index < -0.39 is 96.1 Å². The van der Waals surface area contributed by atoms with Crippen molar-refractivity contribution in [3.63, 3.8) is 0 Å². The molecule has 2 aromatic carbocycles. The number of benzene rings is 2. The third kappa shape index (κ3) is 12.6. The van der Waals surface area contributed by atoms with Crippen molar-refractivity contribution in [2.45, 2.75) is 153 Å². The Kier molecular flexibility index (Phi) is 17.4. The number of nitrogens with one attached hydrogen (secondary N) is 4. The molecule has 2 aliphatic carbocycles. The van der Waals surface area contributed by atoms with Crippen LogP contribution >= 0.6 is 0 Å². The fourth-order valence-corrected chi connectivity index (χ4v) is 9.89. The summed E-state index contributed by atoms with van der Waals surface area (Å²) in [5.74, 6) is -3.03. The summed E-state index contributed by atoms with van der Waals surface area (Å²) in [5, 5.41) is 31.0. The van der Waals surface area contributed by atoms with Gasteiger partial charge in [-0.15, -0.1) is 0 Å². The molecule has 0 aromatic heterocycles. The Morgan fingerprint density at radius 2 is 1.00 bits per heavy atom. The second kappa shape index (κ2) is 22.6. The van der Waals surface area contributed by atoms with E-state index in [4.69, 9.17) is 20.9 Å². The van der Waals surface area contributed by atoms with E-state index in [0.717, 1.165) is 49.7 Å². The van der Waals surface area contributed by atoms with Crippen LogP contribution in [-0.4, -0.2) is 143 Å². The Balaban J connectivity index is 1.16. The van der Waals surface area contributed by atoms with E-state index in [0.29, 0.717) is 0 Å². The van der Waals surface area contributed by atoms with Crippen molar-refractivity contribution >= 4 is 35.4 Å². The van der Waals surface area contributed by atoms with Crippen LogP contribution in [0.4, 0.5) is 0 Å². The smallest absolute Gasteiger partial charge is 0.246 e. The number of ether oxygens (including phenoxy) is 2. The summed E-state index contributed by atoms with van der Waals surface area (Å²) in [7, 11) is 0. The number of rotatable bonds is 17. The molecule has 68 heavy (non-hydrogen) atoms. The van der Waals surface area contributed by atoms with Crippen molar-refractivity contribution in [3.05, 3.63) is 70.8 Å². The summed E-state index contributed by atoms with van der Waals surface area (Å²) in [6.45, 7) is 9.75. The maximum Gasteiger partial charge on any atom is 0.246 e. The summed E-state index contributed by atoms with van der Waals surface area (Å²) in [6, 6.07) is 9.01. The molecule has 4 aliphatic rings. The molecule has 6 amide bonds. The number of aliphatic hydroxyl groups excluding tert-OH is 2. The highest BCUT2D eigenvalue weighted by atomic mass is 16.5. The van der Waals surface area contributed by atoms with Crippen LogP contribution in [0.15, 0.2) is 48.5 Å². The topological polar surface area (TPSA) is 268 Å². The summed E-state index contributed by atoms with van der Waals surface area (Å²) < 4.78 is 12.7. The van der Waals surface area contributed by atoms with Gasteiger partial charge in [-0.25, -0.2) is 0 Å². The van der Waals surface area contributed by atoms with Gasteiger partial charge in [0.15, 0.2) is 0 Å². The number of nitrogens with zero attached hydrogens (tertiary/aromatic N) is 2. The number of amides is 6. The monoisotopic (exact) mass is 947 g/mol. The number of carbonyl (C=O) groups excluding carboxylic acids is 6. The molecular weight excluding hydrogens is 873 g/mol. The highest BCUT2D eigenvalue weighted by Crippen LogP contribution is 2.34. The molecule has 2 aliphatic heterocycles. The molecule has 0 bridgehead atoms. The van der Waals surface area contributed by atoms with E-state index in [2.05, 4.69) is 33.4 Å². The number of aliphatic hydroxyl groups is 2. The summed E-state index contributed by atoms with van der Waals surface area (Å²) in [4.78, 5) is 86.4. The molecule has 6 rings (SSSR count). The van der Waals surface area contributed by atoms with Gasteiger partial charge >= 0.3 is 0 Å². The largest absolute Gasteiger partial charge is 0.394 e. The van der Waals surface area contributed by atoms with Crippen molar-refractivity contribution in [3.8, 4) is 0 Å².